The highest BCUT2D eigenvalue weighted by atomic mass is 16.1. The van der Waals surface area contributed by atoms with Crippen molar-refractivity contribution in [3.63, 3.8) is 0 Å². The normalized spacial score (nSPS) is 15.0. The Balaban J connectivity index is 1.43. The van der Waals surface area contributed by atoms with Crippen LogP contribution in [0.5, 0.6) is 0 Å². The molecule has 0 spiro atoms. The second-order valence-corrected chi connectivity index (χ2v) is 7.67. The van der Waals surface area contributed by atoms with E-state index >= 15 is 0 Å². The van der Waals surface area contributed by atoms with Crippen LogP contribution in [0.1, 0.15) is 36.9 Å². The average Bonchev–Trinajstić information content (AvgIpc) is 3.32. The van der Waals surface area contributed by atoms with E-state index in [2.05, 4.69) is 69.2 Å². The van der Waals surface area contributed by atoms with Gasteiger partial charge in [-0.3, -0.25) is 9.79 Å². The molecule has 6 nitrogen and oxygen atoms in total. The summed E-state index contributed by atoms with van der Waals surface area (Å²) in [6.07, 6.45) is 3.36. The molecular weight excluding hydrogens is 374 g/mol. The number of guanidine groups is 1. The molecule has 0 aromatic heterocycles. The molecule has 1 heterocycles. The number of amides is 1. The van der Waals surface area contributed by atoms with E-state index < -0.39 is 0 Å². The van der Waals surface area contributed by atoms with Gasteiger partial charge < -0.3 is 20.9 Å². The summed E-state index contributed by atoms with van der Waals surface area (Å²) in [4.78, 5) is 18.8. The molecule has 2 aromatic rings. The number of nitrogens with one attached hydrogen (secondary N) is 3. The van der Waals surface area contributed by atoms with Crippen LogP contribution in [0.25, 0.3) is 0 Å². The van der Waals surface area contributed by atoms with Crippen molar-refractivity contribution in [1.82, 2.24) is 16.0 Å². The summed E-state index contributed by atoms with van der Waals surface area (Å²) >= 11 is 0. The number of anilines is 1. The minimum atomic E-state index is -0.0439. The van der Waals surface area contributed by atoms with Gasteiger partial charge in [0.15, 0.2) is 5.96 Å². The molecule has 3 rings (SSSR count). The summed E-state index contributed by atoms with van der Waals surface area (Å²) in [5.41, 5.74) is 3.70. The summed E-state index contributed by atoms with van der Waals surface area (Å²) < 4.78 is 0. The first-order valence-electron chi connectivity index (χ1n) is 10.8. The molecule has 160 valence electrons. The maximum atomic E-state index is 12.1. The van der Waals surface area contributed by atoms with Gasteiger partial charge in [-0.25, -0.2) is 0 Å². The van der Waals surface area contributed by atoms with Crippen molar-refractivity contribution in [2.75, 3.05) is 38.1 Å². The van der Waals surface area contributed by atoms with Crippen molar-refractivity contribution in [3.05, 3.63) is 65.7 Å². The van der Waals surface area contributed by atoms with Crippen LogP contribution in [0.2, 0.25) is 0 Å². The van der Waals surface area contributed by atoms with E-state index in [0.717, 1.165) is 19.5 Å². The Hall–Kier alpha value is -3.02. The molecule has 1 aliphatic rings. The average molecular weight is 408 g/mol. The van der Waals surface area contributed by atoms with Gasteiger partial charge in [0.25, 0.3) is 0 Å². The molecule has 1 fully saturated rings. The van der Waals surface area contributed by atoms with Crippen LogP contribution in [0.3, 0.4) is 0 Å². The van der Waals surface area contributed by atoms with Gasteiger partial charge in [-0.05, 0) is 49.4 Å². The van der Waals surface area contributed by atoms with Gasteiger partial charge in [0, 0.05) is 32.4 Å². The first-order valence-corrected chi connectivity index (χ1v) is 10.8. The minimum absolute atomic E-state index is 0.0439. The smallest absolute Gasteiger partial charge is 0.239 e. The van der Waals surface area contributed by atoms with E-state index in [1.54, 1.807) is 7.05 Å². The SMILES string of the molecule is CN=C(NCC(=O)NCCc1ccccc1)NC(C)c1cccc(N2CCCC2)c1. The van der Waals surface area contributed by atoms with Crippen molar-refractivity contribution >= 4 is 17.6 Å². The molecule has 1 aliphatic heterocycles. The lowest BCUT2D eigenvalue weighted by atomic mass is 10.1. The zero-order valence-corrected chi connectivity index (χ0v) is 18.0. The van der Waals surface area contributed by atoms with Crippen LogP contribution in [-0.4, -0.2) is 45.1 Å². The van der Waals surface area contributed by atoms with E-state index in [1.807, 2.05) is 18.2 Å². The molecule has 1 atom stereocenters. The molecule has 0 bridgehead atoms. The van der Waals surface area contributed by atoms with Crippen LogP contribution in [-0.2, 0) is 11.2 Å². The maximum absolute atomic E-state index is 12.1. The fourth-order valence-corrected chi connectivity index (χ4v) is 3.67. The van der Waals surface area contributed by atoms with E-state index in [4.69, 9.17) is 0 Å². The lowest BCUT2D eigenvalue weighted by Gasteiger charge is -2.22. The van der Waals surface area contributed by atoms with Gasteiger partial charge in [-0.2, -0.15) is 0 Å². The van der Waals surface area contributed by atoms with E-state index in [1.165, 1.54) is 29.7 Å². The molecule has 3 N–H and O–H groups in total. The summed E-state index contributed by atoms with van der Waals surface area (Å²) in [5.74, 6) is 0.574. The standard InChI is InChI=1S/C24H33N5O/c1-19(21-11-8-12-22(17-21)29-15-6-7-16-29)28-24(25-2)27-18-23(30)26-14-13-20-9-4-3-5-10-20/h3-5,8-12,17,19H,6-7,13-16,18H2,1-2H3,(H,26,30)(H2,25,27,28). The van der Waals surface area contributed by atoms with Gasteiger partial charge in [-0.1, -0.05) is 42.5 Å². The number of carbonyl (C=O) groups excluding carboxylic acids is 1. The number of hydrogen-bond donors (Lipinski definition) is 3. The lowest BCUT2D eigenvalue weighted by molar-refractivity contribution is -0.119. The molecule has 0 radical (unpaired) electrons. The van der Waals surface area contributed by atoms with Crippen molar-refractivity contribution in [3.8, 4) is 0 Å². The van der Waals surface area contributed by atoms with Gasteiger partial charge >= 0.3 is 0 Å². The Morgan fingerprint density at radius 1 is 1.07 bits per heavy atom. The van der Waals surface area contributed by atoms with Gasteiger partial charge in [0.05, 0.1) is 12.6 Å². The monoisotopic (exact) mass is 407 g/mol. The van der Waals surface area contributed by atoms with Crippen LogP contribution in [0.15, 0.2) is 59.6 Å². The zero-order chi connectivity index (χ0) is 21.2. The largest absolute Gasteiger partial charge is 0.372 e. The van der Waals surface area contributed by atoms with Gasteiger partial charge in [0.2, 0.25) is 5.91 Å². The van der Waals surface area contributed by atoms with E-state index in [-0.39, 0.29) is 18.5 Å². The fourth-order valence-electron chi connectivity index (χ4n) is 3.67. The predicted octanol–water partition coefficient (Wildman–Crippen LogP) is 2.87. The summed E-state index contributed by atoms with van der Waals surface area (Å²) in [6.45, 7) is 5.18. The number of hydrogen-bond acceptors (Lipinski definition) is 3. The molecule has 1 saturated heterocycles. The number of rotatable bonds is 8. The number of carbonyl (C=O) groups is 1. The Morgan fingerprint density at radius 3 is 2.57 bits per heavy atom. The highest BCUT2D eigenvalue weighted by molar-refractivity contribution is 5.86. The maximum Gasteiger partial charge on any atom is 0.239 e. The van der Waals surface area contributed by atoms with Crippen LogP contribution >= 0.6 is 0 Å². The molecule has 0 aliphatic carbocycles. The topological polar surface area (TPSA) is 68.8 Å². The number of benzene rings is 2. The quantitative estimate of drug-likeness (QED) is 0.465. The third-order valence-electron chi connectivity index (χ3n) is 5.41. The Kier molecular flexibility index (Phi) is 8.12. The second-order valence-electron chi connectivity index (χ2n) is 7.67. The minimum Gasteiger partial charge on any atom is -0.372 e. The molecule has 2 aromatic carbocycles. The van der Waals surface area contributed by atoms with Crippen LogP contribution < -0.4 is 20.9 Å². The number of aliphatic imine (C=N–C) groups is 1. The van der Waals surface area contributed by atoms with Crippen molar-refractivity contribution in [1.29, 1.82) is 0 Å². The van der Waals surface area contributed by atoms with Crippen molar-refractivity contribution < 1.29 is 4.79 Å². The first kappa shape index (κ1) is 21.7. The van der Waals surface area contributed by atoms with Gasteiger partial charge in [0.1, 0.15) is 0 Å². The molecule has 1 amide bonds. The molecule has 1 unspecified atom stereocenters. The first-order chi connectivity index (χ1) is 14.7. The summed E-state index contributed by atoms with van der Waals surface area (Å²) in [5, 5.41) is 9.43. The van der Waals surface area contributed by atoms with Crippen LogP contribution in [0.4, 0.5) is 5.69 Å². The highest BCUT2D eigenvalue weighted by Crippen LogP contribution is 2.23. The molecule has 6 heteroatoms. The van der Waals surface area contributed by atoms with Crippen molar-refractivity contribution in [2.24, 2.45) is 4.99 Å². The molecular formula is C24H33N5O. The predicted molar refractivity (Wildman–Crippen MR) is 124 cm³/mol. The van der Waals surface area contributed by atoms with Crippen LogP contribution in [0, 0.1) is 0 Å². The zero-order valence-electron chi connectivity index (χ0n) is 18.0. The summed E-state index contributed by atoms with van der Waals surface area (Å²) in [6, 6.07) is 18.9. The van der Waals surface area contributed by atoms with E-state index in [0.29, 0.717) is 12.5 Å². The highest BCUT2D eigenvalue weighted by Gasteiger charge is 2.14. The second kappa shape index (κ2) is 11.2. The molecule has 30 heavy (non-hydrogen) atoms. The fraction of sp³-hybridized carbons (Fsp3) is 0.417. The third kappa shape index (κ3) is 6.51. The number of nitrogens with zero attached hydrogens (tertiary/aromatic N) is 2. The van der Waals surface area contributed by atoms with E-state index in [9.17, 15) is 4.79 Å². The Morgan fingerprint density at radius 2 is 1.83 bits per heavy atom. The summed E-state index contributed by atoms with van der Waals surface area (Å²) in [7, 11) is 1.72. The molecule has 0 saturated carbocycles. The Bertz CT molecular complexity index is 830. The van der Waals surface area contributed by atoms with Gasteiger partial charge in [-0.15, -0.1) is 0 Å². The lowest BCUT2D eigenvalue weighted by Crippen LogP contribution is -2.44. The third-order valence-corrected chi connectivity index (χ3v) is 5.41. The van der Waals surface area contributed by atoms with Crippen molar-refractivity contribution in [2.45, 2.75) is 32.2 Å². The Labute approximate surface area is 179 Å².